The van der Waals surface area contributed by atoms with Crippen molar-refractivity contribution in [3.63, 3.8) is 0 Å². The van der Waals surface area contributed by atoms with Gasteiger partial charge in [0.2, 0.25) is 0 Å². The topological polar surface area (TPSA) is 38.7 Å². The lowest BCUT2D eigenvalue weighted by molar-refractivity contribution is -0.164. The second kappa shape index (κ2) is 5.72. The molecule has 2 rings (SSSR count). The summed E-state index contributed by atoms with van der Waals surface area (Å²) in [6.07, 6.45) is 4.60. The van der Waals surface area contributed by atoms with Crippen molar-refractivity contribution in [3.05, 3.63) is 12.7 Å². The van der Waals surface area contributed by atoms with Crippen LogP contribution in [0.25, 0.3) is 0 Å². The van der Waals surface area contributed by atoms with Gasteiger partial charge in [0.05, 0.1) is 30.5 Å². The number of aliphatic hydroxyl groups is 1. The van der Waals surface area contributed by atoms with E-state index in [0.29, 0.717) is 12.3 Å². The van der Waals surface area contributed by atoms with Gasteiger partial charge in [-0.05, 0) is 5.92 Å². The zero-order valence-electron chi connectivity index (χ0n) is 11.7. The molecule has 0 amide bonds. The fourth-order valence-corrected chi connectivity index (χ4v) is 3.00. The van der Waals surface area contributed by atoms with Crippen molar-refractivity contribution in [1.29, 1.82) is 0 Å². The number of hydrogen-bond donors (Lipinski definition) is 1. The van der Waals surface area contributed by atoms with E-state index in [0.717, 1.165) is 12.8 Å². The van der Waals surface area contributed by atoms with Crippen molar-refractivity contribution < 1.29 is 14.6 Å². The fourth-order valence-electron chi connectivity index (χ4n) is 3.00. The molecule has 0 unspecified atom stereocenters. The summed E-state index contributed by atoms with van der Waals surface area (Å²) < 4.78 is 12.1. The first-order valence-corrected chi connectivity index (χ1v) is 7.18. The molecule has 2 fully saturated rings. The van der Waals surface area contributed by atoms with Gasteiger partial charge in [0.15, 0.2) is 0 Å². The number of aliphatic hydroxyl groups excluding tert-OH is 1. The van der Waals surface area contributed by atoms with E-state index in [4.69, 9.17) is 9.47 Å². The SMILES string of the molecule is C=C[C@H](C)[C@@H]1O[C@@H]2C[C@@H]([C@@H](C)CC)O[C@@H]2C[C@@H]1O. The highest BCUT2D eigenvalue weighted by molar-refractivity contribution is 4.97. The van der Waals surface area contributed by atoms with E-state index in [-0.39, 0.29) is 30.3 Å². The van der Waals surface area contributed by atoms with Crippen LogP contribution < -0.4 is 0 Å². The molecule has 18 heavy (non-hydrogen) atoms. The standard InChI is InChI=1S/C15H26O3/c1-5-9(3)12-8-14-13(17-12)7-11(16)15(18-14)10(4)6-2/h6,9-16H,2,5,7-8H2,1,3-4H3/t9-,10-,11-,12-,13+,14+,15-/m0/s1. The number of ether oxygens (including phenoxy) is 2. The lowest BCUT2D eigenvalue weighted by Crippen LogP contribution is -2.47. The smallest absolute Gasteiger partial charge is 0.0899 e. The Hall–Kier alpha value is -0.380. The van der Waals surface area contributed by atoms with E-state index in [9.17, 15) is 5.11 Å². The van der Waals surface area contributed by atoms with Gasteiger partial charge in [-0.25, -0.2) is 0 Å². The third-order valence-corrected chi connectivity index (χ3v) is 4.58. The lowest BCUT2D eigenvalue weighted by Gasteiger charge is -2.37. The van der Waals surface area contributed by atoms with Crippen LogP contribution in [0, 0.1) is 11.8 Å². The molecule has 7 atom stereocenters. The molecule has 0 aromatic heterocycles. The normalized spacial score (nSPS) is 43.2. The zero-order chi connectivity index (χ0) is 13.3. The van der Waals surface area contributed by atoms with E-state index in [1.807, 2.05) is 13.0 Å². The second-order valence-electron chi connectivity index (χ2n) is 5.87. The first-order valence-electron chi connectivity index (χ1n) is 7.18. The van der Waals surface area contributed by atoms with Gasteiger partial charge in [0.1, 0.15) is 0 Å². The van der Waals surface area contributed by atoms with Crippen molar-refractivity contribution in [2.45, 2.75) is 70.6 Å². The molecular formula is C15H26O3. The molecule has 2 heterocycles. The highest BCUT2D eigenvalue weighted by Crippen LogP contribution is 2.37. The molecular weight excluding hydrogens is 228 g/mol. The van der Waals surface area contributed by atoms with E-state index in [1.165, 1.54) is 0 Å². The Labute approximate surface area is 110 Å². The van der Waals surface area contributed by atoms with Crippen LogP contribution in [0.4, 0.5) is 0 Å². The summed E-state index contributed by atoms with van der Waals surface area (Å²) in [4.78, 5) is 0. The molecule has 0 spiro atoms. The van der Waals surface area contributed by atoms with Crippen molar-refractivity contribution in [1.82, 2.24) is 0 Å². The van der Waals surface area contributed by atoms with Gasteiger partial charge in [-0.2, -0.15) is 0 Å². The maximum Gasteiger partial charge on any atom is 0.0899 e. The predicted octanol–water partition coefficient (Wildman–Crippen LogP) is 2.53. The van der Waals surface area contributed by atoms with Gasteiger partial charge >= 0.3 is 0 Å². The van der Waals surface area contributed by atoms with Crippen molar-refractivity contribution >= 4 is 0 Å². The molecule has 0 aliphatic carbocycles. The third-order valence-electron chi connectivity index (χ3n) is 4.58. The largest absolute Gasteiger partial charge is 0.390 e. The Morgan fingerprint density at radius 1 is 1.28 bits per heavy atom. The van der Waals surface area contributed by atoms with Crippen molar-refractivity contribution in [3.8, 4) is 0 Å². The van der Waals surface area contributed by atoms with Crippen LogP contribution in [0.2, 0.25) is 0 Å². The Bertz CT molecular complexity index is 291. The zero-order valence-corrected chi connectivity index (χ0v) is 11.7. The average Bonchev–Trinajstić information content (AvgIpc) is 2.78. The van der Waals surface area contributed by atoms with Crippen molar-refractivity contribution in [2.24, 2.45) is 11.8 Å². The average molecular weight is 254 g/mol. The van der Waals surface area contributed by atoms with E-state index in [1.54, 1.807) is 0 Å². The molecule has 3 heteroatoms. The Morgan fingerprint density at radius 2 is 1.94 bits per heavy atom. The number of rotatable bonds is 4. The number of fused-ring (bicyclic) bond motifs is 1. The maximum atomic E-state index is 10.1. The molecule has 2 saturated heterocycles. The molecule has 1 N–H and O–H groups in total. The Balaban J connectivity index is 1.99. The summed E-state index contributed by atoms with van der Waals surface area (Å²) in [5.41, 5.74) is 0. The minimum Gasteiger partial charge on any atom is -0.390 e. The van der Waals surface area contributed by atoms with Gasteiger partial charge in [-0.15, -0.1) is 6.58 Å². The van der Waals surface area contributed by atoms with Crippen LogP contribution in [-0.2, 0) is 9.47 Å². The van der Waals surface area contributed by atoms with Crippen LogP contribution in [0.1, 0.15) is 40.0 Å². The summed E-state index contributed by atoms with van der Waals surface area (Å²) in [5.74, 6) is 0.746. The summed E-state index contributed by atoms with van der Waals surface area (Å²) in [6, 6.07) is 0. The maximum absolute atomic E-state index is 10.1. The van der Waals surface area contributed by atoms with Crippen LogP contribution in [0.15, 0.2) is 12.7 Å². The summed E-state index contributed by atoms with van der Waals surface area (Å²) >= 11 is 0. The summed E-state index contributed by atoms with van der Waals surface area (Å²) in [7, 11) is 0. The second-order valence-corrected chi connectivity index (χ2v) is 5.87. The first kappa shape index (κ1) is 14.0. The van der Waals surface area contributed by atoms with E-state index in [2.05, 4.69) is 20.4 Å². The molecule has 0 radical (unpaired) electrons. The third kappa shape index (κ3) is 2.63. The molecule has 0 aromatic carbocycles. The minimum atomic E-state index is -0.435. The molecule has 0 bridgehead atoms. The van der Waals surface area contributed by atoms with Crippen molar-refractivity contribution in [2.75, 3.05) is 0 Å². The van der Waals surface area contributed by atoms with Gasteiger partial charge < -0.3 is 14.6 Å². The highest BCUT2D eigenvalue weighted by Gasteiger charge is 2.46. The lowest BCUT2D eigenvalue weighted by atomic mass is 9.90. The van der Waals surface area contributed by atoms with E-state index < -0.39 is 6.10 Å². The van der Waals surface area contributed by atoms with Gasteiger partial charge in [-0.3, -0.25) is 0 Å². The van der Waals surface area contributed by atoms with Gasteiger partial charge in [0, 0.05) is 18.8 Å². The minimum absolute atomic E-state index is 0.0762. The summed E-state index contributed by atoms with van der Waals surface area (Å²) in [6.45, 7) is 10.2. The van der Waals surface area contributed by atoms with Gasteiger partial charge in [-0.1, -0.05) is 33.3 Å². The summed E-state index contributed by atoms with van der Waals surface area (Å²) in [5, 5.41) is 10.1. The van der Waals surface area contributed by atoms with Gasteiger partial charge in [0.25, 0.3) is 0 Å². The van der Waals surface area contributed by atoms with Crippen LogP contribution >= 0.6 is 0 Å². The molecule has 0 saturated carbocycles. The molecule has 2 aliphatic rings. The monoisotopic (exact) mass is 254 g/mol. The highest BCUT2D eigenvalue weighted by atomic mass is 16.6. The van der Waals surface area contributed by atoms with Crippen LogP contribution in [-0.4, -0.2) is 35.6 Å². The Kier molecular flexibility index (Phi) is 4.46. The molecule has 104 valence electrons. The Morgan fingerprint density at radius 3 is 2.56 bits per heavy atom. The fraction of sp³-hybridized carbons (Fsp3) is 0.867. The molecule has 2 aliphatic heterocycles. The number of hydrogen-bond acceptors (Lipinski definition) is 3. The molecule has 3 nitrogen and oxygen atoms in total. The first-order chi connectivity index (χ1) is 8.56. The quantitative estimate of drug-likeness (QED) is 0.784. The van der Waals surface area contributed by atoms with Crippen LogP contribution in [0.3, 0.4) is 0 Å². The van der Waals surface area contributed by atoms with E-state index >= 15 is 0 Å². The molecule has 0 aromatic rings. The van der Waals surface area contributed by atoms with Crippen LogP contribution in [0.5, 0.6) is 0 Å². The predicted molar refractivity (Wildman–Crippen MR) is 71.4 cm³/mol.